The van der Waals surface area contributed by atoms with E-state index < -0.39 is 0 Å². The summed E-state index contributed by atoms with van der Waals surface area (Å²) in [6, 6.07) is 12.9. The quantitative estimate of drug-likeness (QED) is 0.580. The number of ether oxygens (including phenoxy) is 1. The molecule has 3 rings (SSSR count). The zero-order valence-corrected chi connectivity index (χ0v) is 16.2. The highest BCUT2D eigenvalue weighted by molar-refractivity contribution is 7.80. The number of hydrogen-bond donors (Lipinski definition) is 2. The van der Waals surface area contributed by atoms with Gasteiger partial charge in [-0.1, -0.05) is 41.4 Å². The number of nitrogens with zero attached hydrogens (tertiary/aromatic N) is 2. The second kappa shape index (κ2) is 8.40. The van der Waals surface area contributed by atoms with Crippen molar-refractivity contribution in [1.82, 2.24) is 9.78 Å². The first-order valence-corrected chi connectivity index (χ1v) is 8.89. The summed E-state index contributed by atoms with van der Waals surface area (Å²) in [5.41, 5.74) is 2.48. The largest absolute Gasteiger partial charge is 0.495 e. The first kappa shape index (κ1) is 18.5. The van der Waals surface area contributed by atoms with E-state index in [1.54, 1.807) is 30.1 Å². The molecule has 0 atom stereocenters. The SMILES string of the molecule is COc1ccccc1NC(=S)Nc1cnn(Cc2ccc(Cl)cc2Cl)c1. The molecule has 0 radical (unpaired) electrons. The third-order valence-electron chi connectivity index (χ3n) is 3.59. The van der Waals surface area contributed by atoms with Gasteiger partial charge in [0.15, 0.2) is 5.11 Å². The molecule has 0 fully saturated rings. The molecule has 0 aliphatic rings. The fourth-order valence-corrected chi connectivity index (χ4v) is 3.07. The van der Waals surface area contributed by atoms with Gasteiger partial charge in [0.25, 0.3) is 0 Å². The summed E-state index contributed by atoms with van der Waals surface area (Å²) < 4.78 is 7.07. The molecule has 134 valence electrons. The molecule has 0 saturated carbocycles. The van der Waals surface area contributed by atoms with Crippen LogP contribution in [-0.2, 0) is 6.54 Å². The molecule has 5 nitrogen and oxygen atoms in total. The van der Waals surface area contributed by atoms with Crippen molar-refractivity contribution < 1.29 is 4.74 Å². The summed E-state index contributed by atoms with van der Waals surface area (Å²) in [7, 11) is 1.61. The lowest BCUT2D eigenvalue weighted by Crippen LogP contribution is -2.19. The van der Waals surface area contributed by atoms with Crippen molar-refractivity contribution in [3.8, 4) is 5.75 Å². The van der Waals surface area contributed by atoms with E-state index in [1.807, 2.05) is 36.5 Å². The Morgan fingerprint density at radius 2 is 2.00 bits per heavy atom. The maximum atomic E-state index is 6.21. The van der Waals surface area contributed by atoms with Crippen LogP contribution in [0.5, 0.6) is 5.75 Å². The van der Waals surface area contributed by atoms with Gasteiger partial charge in [0.1, 0.15) is 5.75 Å². The number of benzene rings is 2. The number of para-hydroxylation sites is 2. The molecule has 0 saturated heterocycles. The Morgan fingerprint density at radius 1 is 1.19 bits per heavy atom. The van der Waals surface area contributed by atoms with Crippen LogP contribution in [0.2, 0.25) is 10.0 Å². The molecule has 1 heterocycles. The number of aromatic nitrogens is 2. The van der Waals surface area contributed by atoms with Crippen LogP contribution >= 0.6 is 35.4 Å². The number of thiocarbonyl (C=S) groups is 1. The minimum atomic E-state index is 0.443. The van der Waals surface area contributed by atoms with Crippen molar-refractivity contribution in [3.05, 3.63) is 70.5 Å². The highest BCUT2D eigenvalue weighted by atomic mass is 35.5. The lowest BCUT2D eigenvalue weighted by molar-refractivity contribution is 0.417. The van der Waals surface area contributed by atoms with E-state index in [0.29, 0.717) is 27.5 Å². The number of rotatable bonds is 5. The first-order valence-electron chi connectivity index (χ1n) is 7.72. The van der Waals surface area contributed by atoms with E-state index in [0.717, 1.165) is 16.9 Å². The maximum absolute atomic E-state index is 6.21. The van der Waals surface area contributed by atoms with E-state index in [1.165, 1.54) is 0 Å². The highest BCUT2D eigenvalue weighted by Gasteiger charge is 2.07. The molecule has 0 amide bonds. The van der Waals surface area contributed by atoms with E-state index in [9.17, 15) is 0 Å². The van der Waals surface area contributed by atoms with Crippen LogP contribution in [0.1, 0.15) is 5.56 Å². The smallest absolute Gasteiger partial charge is 0.175 e. The zero-order chi connectivity index (χ0) is 18.5. The summed E-state index contributed by atoms with van der Waals surface area (Å²) in [5.74, 6) is 0.713. The Labute approximate surface area is 166 Å². The van der Waals surface area contributed by atoms with Crippen LogP contribution in [-0.4, -0.2) is 22.0 Å². The second-order valence-electron chi connectivity index (χ2n) is 5.44. The van der Waals surface area contributed by atoms with Crippen molar-refractivity contribution in [2.75, 3.05) is 17.7 Å². The third kappa shape index (κ3) is 4.66. The van der Waals surface area contributed by atoms with Crippen LogP contribution in [0.3, 0.4) is 0 Å². The van der Waals surface area contributed by atoms with Crippen LogP contribution in [0.4, 0.5) is 11.4 Å². The van der Waals surface area contributed by atoms with Gasteiger partial charge in [0.05, 0.1) is 31.2 Å². The fraction of sp³-hybridized carbons (Fsp3) is 0.111. The summed E-state index contributed by atoms with van der Waals surface area (Å²) in [4.78, 5) is 0. The predicted molar refractivity (Wildman–Crippen MR) is 111 cm³/mol. The topological polar surface area (TPSA) is 51.1 Å². The van der Waals surface area contributed by atoms with Gasteiger partial charge in [0.2, 0.25) is 0 Å². The van der Waals surface area contributed by atoms with Gasteiger partial charge < -0.3 is 15.4 Å². The number of methoxy groups -OCH3 is 1. The van der Waals surface area contributed by atoms with Gasteiger partial charge in [0, 0.05) is 16.2 Å². The first-order chi connectivity index (χ1) is 12.5. The molecule has 1 aromatic heterocycles. The Kier molecular flexibility index (Phi) is 5.98. The number of halogens is 2. The Hall–Kier alpha value is -2.28. The molecular weight excluding hydrogens is 391 g/mol. The summed E-state index contributed by atoms with van der Waals surface area (Å²) in [5, 5.41) is 12.2. The summed E-state index contributed by atoms with van der Waals surface area (Å²) in [6.45, 7) is 0.532. The molecule has 0 bridgehead atoms. The van der Waals surface area contributed by atoms with Crippen molar-refractivity contribution >= 4 is 51.9 Å². The molecule has 0 aliphatic heterocycles. The highest BCUT2D eigenvalue weighted by Crippen LogP contribution is 2.24. The average molecular weight is 407 g/mol. The Bertz CT molecular complexity index is 929. The number of nitrogens with one attached hydrogen (secondary N) is 2. The number of anilines is 2. The summed E-state index contributed by atoms with van der Waals surface area (Å²) >= 11 is 17.5. The molecule has 2 N–H and O–H groups in total. The predicted octanol–water partition coefficient (Wildman–Crippen LogP) is 5.06. The summed E-state index contributed by atoms with van der Waals surface area (Å²) in [6.07, 6.45) is 3.54. The van der Waals surface area contributed by atoms with Gasteiger partial charge in [-0.25, -0.2) is 0 Å². The Morgan fingerprint density at radius 3 is 2.77 bits per heavy atom. The van der Waals surface area contributed by atoms with E-state index in [2.05, 4.69) is 15.7 Å². The number of hydrogen-bond acceptors (Lipinski definition) is 3. The van der Waals surface area contributed by atoms with Crippen LogP contribution in [0, 0.1) is 0 Å². The second-order valence-corrected chi connectivity index (χ2v) is 6.69. The van der Waals surface area contributed by atoms with Crippen molar-refractivity contribution in [3.63, 3.8) is 0 Å². The zero-order valence-electron chi connectivity index (χ0n) is 13.9. The lowest BCUT2D eigenvalue weighted by atomic mass is 10.2. The molecule has 0 unspecified atom stereocenters. The molecule has 2 aromatic carbocycles. The standard InChI is InChI=1S/C18H16Cl2N4OS/c1-25-17-5-3-2-4-16(17)23-18(26)22-14-9-21-24(11-14)10-12-6-7-13(19)8-15(12)20/h2-9,11H,10H2,1H3,(H2,22,23,26). The van der Waals surface area contributed by atoms with Gasteiger partial charge >= 0.3 is 0 Å². The molecular formula is C18H16Cl2N4OS. The van der Waals surface area contributed by atoms with Gasteiger partial charge in [-0.3, -0.25) is 4.68 Å². The minimum Gasteiger partial charge on any atom is -0.495 e. The molecule has 0 spiro atoms. The van der Waals surface area contributed by atoms with Crippen LogP contribution in [0.25, 0.3) is 0 Å². The van der Waals surface area contributed by atoms with Crippen molar-refractivity contribution in [1.29, 1.82) is 0 Å². The average Bonchev–Trinajstić information content (AvgIpc) is 3.04. The van der Waals surface area contributed by atoms with E-state index >= 15 is 0 Å². The Balaban J connectivity index is 1.63. The monoisotopic (exact) mass is 406 g/mol. The molecule has 8 heteroatoms. The van der Waals surface area contributed by atoms with Gasteiger partial charge in [-0.15, -0.1) is 0 Å². The van der Waals surface area contributed by atoms with Crippen LogP contribution in [0.15, 0.2) is 54.9 Å². The van der Waals surface area contributed by atoms with Crippen LogP contribution < -0.4 is 15.4 Å². The minimum absolute atomic E-state index is 0.443. The van der Waals surface area contributed by atoms with Gasteiger partial charge in [-0.2, -0.15) is 5.10 Å². The van der Waals surface area contributed by atoms with Crippen molar-refractivity contribution in [2.45, 2.75) is 6.54 Å². The fourth-order valence-electron chi connectivity index (χ4n) is 2.37. The molecule has 0 aliphatic carbocycles. The normalized spacial score (nSPS) is 10.4. The van der Waals surface area contributed by atoms with E-state index in [4.69, 9.17) is 40.2 Å². The third-order valence-corrected chi connectivity index (χ3v) is 4.38. The lowest BCUT2D eigenvalue weighted by Gasteiger charge is -2.12. The van der Waals surface area contributed by atoms with Gasteiger partial charge in [-0.05, 0) is 42.0 Å². The van der Waals surface area contributed by atoms with E-state index in [-0.39, 0.29) is 0 Å². The van der Waals surface area contributed by atoms with Crippen molar-refractivity contribution in [2.24, 2.45) is 0 Å². The molecule has 3 aromatic rings. The maximum Gasteiger partial charge on any atom is 0.175 e. The molecule has 26 heavy (non-hydrogen) atoms.